The van der Waals surface area contributed by atoms with Gasteiger partial charge < -0.3 is 20.7 Å². The van der Waals surface area contributed by atoms with Gasteiger partial charge in [0.05, 0.1) is 18.8 Å². The van der Waals surface area contributed by atoms with Crippen LogP contribution in [-0.4, -0.2) is 37.6 Å². The van der Waals surface area contributed by atoms with Crippen LogP contribution in [0.3, 0.4) is 0 Å². The second-order valence-corrected chi connectivity index (χ2v) is 6.18. The highest BCUT2D eigenvalue weighted by atomic mass is 19.4. The maximum atomic E-state index is 12.8. The molecule has 0 aromatic heterocycles. The maximum Gasteiger partial charge on any atom is 0.416 e. The summed E-state index contributed by atoms with van der Waals surface area (Å²) in [6, 6.07) is 10.0. The highest BCUT2D eigenvalue weighted by molar-refractivity contribution is 6.05. The Kier molecular flexibility index (Phi) is 5.96. The van der Waals surface area contributed by atoms with E-state index in [1.165, 1.54) is 24.3 Å². The lowest BCUT2D eigenvalue weighted by Crippen LogP contribution is -2.48. The van der Waals surface area contributed by atoms with Crippen molar-refractivity contribution in [3.8, 4) is 0 Å². The van der Waals surface area contributed by atoms with E-state index in [-0.39, 0.29) is 23.8 Å². The van der Waals surface area contributed by atoms with Crippen molar-refractivity contribution in [1.29, 1.82) is 0 Å². The third-order valence-electron chi connectivity index (χ3n) is 4.08. The Hall–Kier alpha value is -2.91. The molecule has 148 valence electrons. The standard InChI is InChI=1S/C19H18F3N3O3/c20-19(21,22)13-4-2-6-15(10-13)24-17(26)12-3-1-5-14(9-12)25-18(27)16-11-28-8-7-23-16/h1-6,9-10,16,23H,7-8,11H2,(H,24,26)(H,25,27). The van der Waals surface area contributed by atoms with Crippen LogP contribution in [0.2, 0.25) is 0 Å². The van der Waals surface area contributed by atoms with Gasteiger partial charge in [-0.3, -0.25) is 9.59 Å². The van der Waals surface area contributed by atoms with E-state index in [9.17, 15) is 22.8 Å². The van der Waals surface area contributed by atoms with Crippen molar-refractivity contribution in [2.45, 2.75) is 12.2 Å². The molecule has 3 N–H and O–H groups in total. The number of benzene rings is 2. The van der Waals surface area contributed by atoms with Gasteiger partial charge in [-0.2, -0.15) is 13.2 Å². The summed E-state index contributed by atoms with van der Waals surface area (Å²) in [5.74, 6) is -0.885. The molecule has 0 radical (unpaired) electrons. The van der Waals surface area contributed by atoms with Crippen molar-refractivity contribution >= 4 is 23.2 Å². The van der Waals surface area contributed by atoms with Crippen molar-refractivity contribution in [3.05, 3.63) is 59.7 Å². The first-order valence-corrected chi connectivity index (χ1v) is 8.53. The minimum Gasteiger partial charge on any atom is -0.378 e. The Bertz CT molecular complexity index is 865. The SMILES string of the molecule is O=C(Nc1cccc(C(F)(F)F)c1)c1cccc(NC(=O)C2COCCN2)c1. The molecule has 2 aromatic carbocycles. The molecular formula is C19H18F3N3O3. The van der Waals surface area contributed by atoms with Gasteiger partial charge in [-0.05, 0) is 36.4 Å². The zero-order valence-electron chi connectivity index (χ0n) is 14.7. The molecule has 28 heavy (non-hydrogen) atoms. The Morgan fingerprint density at radius 2 is 1.75 bits per heavy atom. The highest BCUT2D eigenvalue weighted by Gasteiger charge is 2.30. The lowest BCUT2D eigenvalue weighted by Gasteiger charge is -2.23. The number of amides is 2. The normalized spacial score (nSPS) is 17.0. The van der Waals surface area contributed by atoms with Gasteiger partial charge in [0, 0.05) is 23.5 Å². The molecule has 0 spiro atoms. The molecule has 6 nitrogen and oxygen atoms in total. The molecule has 3 rings (SSSR count). The summed E-state index contributed by atoms with van der Waals surface area (Å²) in [6.07, 6.45) is -4.50. The van der Waals surface area contributed by atoms with Crippen LogP contribution in [0.25, 0.3) is 0 Å². The summed E-state index contributed by atoms with van der Waals surface area (Å²) in [5, 5.41) is 8.14. The Morgan fingerprint density at radius 3 is 2.43 bits per heavy atom. The van der Waals surface area contributed by atoms with E-state index in [0.29, 0.717) is 18.8 Å². The molecule has 9 heteroatoms. The van der Waals surface area contributed by atoms with E-state index in [2.05, 4.69) is 16.0 Å². The summed E-state index contributed by atoms with van der Waals surface area (Å²) >= 11 is 0. The molecule has 1 atom stereocenters. The molecule has 2 amide bonds. The van der Waals surface area contributed by atoms with Gasteiger partial charge >= 0.3 is 6.18 Å². The van der Waals surface area contributed by atoms with E-state index in [4.69, 9.17) is 4.74 Å². The summed E-state index contributed by atoms with van der Waals surface area (Å²) in [6.45, 7) is 1.36. The fourth-order valence-electron chi connectivity index (χ4n) is 2.68. The van der Waals surface area contributed by atoms with Crippen LogP contribution in [-0.2, 0) is 15.7 Å². The zero-order valence-corrected chi connectivity index (χ0v) is 14.7. The number of morpholine rings is 1. The van der Waals surface area contributed by atoms with Crippen LogP contribution in [0.15, 0.2) is 48.5 Å². The number of ether oxygens (including phenoxy) is 1. The number of carbonyl (C=O) groups excluding carboxylic acids is 2. The second-order valence-electron chi connectivity index (χ2n) is 6.18. The summed E-state index contributed by atoms with van der Waals surface area (Å²) in [5.41, 5.74) is -0.233. The monoisotopic (exact) mass is 393 g/mol. The first-order chi connectivity index (χ1) is 13.3. The van der Waals surface area contributed by atoms with Gasteiger partial charge in [0.25, 0.3) is 5.91 Å². The largest absolute Gasteiger partial charge is 0.416 e. The third kappa shape index (κ3) is 5.08. The number of rotatable bonds is 4. The minimum atomic E-state index is -4.50. The van der Waals surface area contributed by atoms with E-state index in [1.807, 2.05) is 0 Å². The molecule has 1 saturated heterocycles. The fourth-order valence-corrected chi connectivity index (χ4v) is 2.68. The molecule has 1 fully saturated rings. The quantitative estimate of drug-likeness (QED) is 0.746. The first kappa shape index (κ1) is 19.8. The average molecular weight is 393 g/mol. The predicted octanol–water partition coefficient (Wildman–Crippen LogP) is 2.88. The number of carbonyl (C=O) groups is 2. The molecule has 1 heterocycles. The third-order valence-corrected chi connectivity index (χ3v) is 4.08. The van der Waals surface area contributed by atoms with Crippen LogP contribution in [0.1, 0.15) is 15.9 Å². The van der Waals surface area contributed by atoms with E-state index in [0.717, 1.165) is 12.1 Å². The van der Waals surface area contributed by atoms with Crippen LogP contribution >= 0.6 is 0 Å². The Labute approximate surface area is 159 Å². The molecule has 1 aliphatic heterocycles. The van der Waals surface area contributed by atoms with Gasteiger partial charge in [0.15, 0.2) is 0 Å². The van der Waals surface area contributed by atoms with Gasteiger partial charge in [-0.1, -0.05) is 12.1 Å². The van der Waals surface area contributed by atoms with E-state index in [1.54, 1.807) is 12.1 Å². The van der Waals surface area contributed by atoms with Crippen LogP contribution in [0, 0.1) is 0 Å². The lowest BCUT2D eigenvalue weighted by molar-refractivity contribution is -0.137. The fraction of sp³-hybridized carbons (Fsp3) is 0.263. The summed E-state index contributed by atoms with van der Waals surface area (Å²) in [7, 11) is 0. The molecule has 0 saturated carbocycles. The van der Waals surface area contributed by atoms with Gasteiger partial charge in [0.2, 0.25) is 5.91 Å². The number of halogens is 3. The molecule has 0 bridgehead atoms. The van der Waals surface area contributed by atoms with Crippen molar-refractivity contribution in [2.24, 2.45) is 0 Å². The molecule has 1 unspecified atom stereocenters. The van der Waals surface area contributed by atoms with Crippen LogP contribution in [0.5, 0.6) is 0 Å². The number of nitrogens with one attached hydrogen (secondary N) is 3. The van der Waals surface area contributed by atoms with Crippen molar-refractivity contribution in [2.75, 3.05) is 30.4 Å². The van der Waals surface area contributed by atoms with Gasteiger partial charge in [0.1, 0.15) is 6.04 Å². The summed E-state index contributed by atoms with van der Waals surface area (Å²) < 4.78 is 43.6. The smallest absolute Gasteiger partial charge is 0.378 e. The van der Waals surface area contributed by atoms with Crippen molar-refractivity contribution < 1.29 is 27.5 Å². The van der Waals surface area contributed by atoms with Crippen molar-refractivity contribution in [1.82, 2.24) is 5.32 Å². The minimum absolute atomic E-state index is 0.0258. The van der Waals surface area contributed by atoms with Crippen LogP contribution < -0.4 is 16.0 Å². The first-order valence-electron chi connectivity index (χ1n) is 8.53. The number of alkyl halides is 3. The van der Waals surface area contributed by atoms with Crippen molar-refractivity contribution in [3.63, 3.8) is 0 Å². The molecule has 1 aliphatic rings. The Morgan fingerprint density at radius 1 is 1.04 bits per heavy atom. The zero-order chi connectivity index (χ0) is 20.1. The van der Waals surface area contributed by atoms with E-state index < -0.39 is 23.7 Å². The molecule has 0 aliphatic carbocycles. The second kappa shape index (κ2) is 8.41. The topological polar surface area (TPSA) is 79.5 Å². The van der Waals surface area contributed by atoms with Gasteiger partial charge in [-0.25, -0.2) is 0 Å². The highest BCUT2D eigenvalue weighted by Crippen LogP contribution is 2.30. The van der Waals surface area contributed by atoms with E-state index >= 15 is 0 Å². The van der Waals surface area contributed by atoms with Crippen LogP contribution in [0.4, 0.5) is 24.5 Å². The molecular weight excluding hydrogens is 375 g/mol. The lowest BCUT2D eigenvalue weighted by atomic mass is 10.1. The molecule has 2 aromatic rings. The number of hydrogen-bond acceptors (Lipinski definition) is 4. The van der Waals surface area contributed by atoms with Gasteiger partial charge in [-0.15, -0.1) is 0 Å². The number of anilines is 2. The maximum absolute atomic E-state index is 12.8. The Balaban J connectivity index is 1.68. The summed E-state index contributed by atoms with van der Waals surface area (Å²) in [4.78, 5) is 24.6. The number of hydrogen-bond donors (Lipinski definition) is 3. The predicted molar refractivity (Wildman–Crippen MR) is 97.1 cm³/mol. The average Bonchev–Trinajstić information content (AvgIpc) is 2.68.